The number of rotatable bonds is 5. The molecule has 0 aliphatic heterocycles. The van der Waals surface area contributed by atoms with Gasteiger partial charge in [-0.3, -0.25) is 4.79 Å². The first-order valence-corrected chi connectivity index (χ1v) is 10.8. The zero-order chi connectivity index (χ0) is 21.2. The standard InChI is InChI=1S/C24H19N3O3S/c1-15-25-21(27-30-15)14-29-19-10-7-16(8-11-19)13-18-9-12-20-23(22(18)28)31-24(26-20)17-5-3-2-4-6-17/h2-8,10-11,13H,9,12,14H2,1H3. The topological polar surface area (TPSA) is 78.1 Å². The zero-order valence-corrected chi connectivity index (χ0v) is 17.7. The van der Waals surface area contributed by atoms with Crippen LogP contribution in [0.15, 0.2) is 64.7 Å². The Bertz CT molecular complexity index is 1260. The third-order valence-electron chi connectivity index (χ3n) is 5.01. The van der Waals surface area contributed by atoms with Crippen molar-refractivity contribution >= 4 is 23.2 Å². The molecule has 1 aliphatic rings. The van der Waals surface area contributed by atoms with Crippen LogP contribution in [0.2, 0.25) is 0 Å². The van der Waals surface area contributed by atoms with Gasteiger partial charge in [-0.1, -0.05) is 47.6 Å². The maximum atomic E-state index is 13.0. The summed E-state index contributed by atoms with van der Waals surface area (Å²) in [4.78, 5) is 22.6. The molecule has 7 heteroatoms. The van der Waals surface area contributed by atoms with E-state index in [-0.39, 0.29) is 12.4 Å². The number of benzene rings is 2. The second kappa shape index (κ2) is 8.28. The molecule has 0 saturated carbocycles. The predicted octanol–water partition coefficient (Wildman–Crippen LogP) is 5.29. The van der Waals surface area contributed by atoms with Crippen LogP contribution in [0.1, 0.15) is 39.1 Å². The average molecular weight is 430 g/mol. The van der Waals surface area contributed by atoms with Crippen molar-refractivity contribution in [2.45, 2.75) is 26.4 Å². The summed E-state index contributed by atoms with van der Waals surface area (Å²) < 4.78 is 10.6. The van der Waals surface area contributed by atoms with Crippen molar-refractivity contribution in [2.24, 2.45) is 0 Å². The molecule has 2 aromatic carbocycles. The summed E-state index contributed by atoms with van der Waals surface area (Å²) in [6.07, 6.45) is 3.43. The Hall–Kier alpha value is -3.58. The summed E-state index contributed by atoms with van der Waals surface area (Å²) in [5, 5.41) is 4.71. The Morgan fingerprint density at radius 1 is 1.06 bits per heavy atom. The molecule has 5 rings (SSSR count). The van der Waals surface area contributed by atoms with Gasteiger partial charge in [-0.25, -0.2) is 4.98 Å². The Balaban J connectivity index is 1.30. The van der Waals surface area contributed by atoms with Gasteiger partial charge < -0.3 is 9.26 Å². The highest BCUT2D eigenvalue weighted by atomic mass is 32.1. The Morgan fingerprint density at radius 2 is 1.87 bits per heavy atom. The van der Waals surface area contributed by atoms with Gasteiger partial charge >= 0.3 is 0 Å². The molecule has 6 nitrogen and oxygen atoms in total. The van der Waals surface area contributed by atoms with Gasteiger partial charge in [-0.05, 0) is 36.6 Å². The number of aromatic nitrogens is 3. The molecule has 0 radical (unpaired) electrons. The predicted molar refractivity (Wildman–Crippen MR) is 118 cm³/mol. The van der Waals surface area contributed by atoms with E-state index in [1.54, 1.807) is 6.92 Å². The van der Waals surface area contributed by atoms with E-state index in [1.807, 2.05) is 60.7 Å². The molecule has 0 saturated heterocycles. The molecular formula is C24H19N3O3S. The highest BCUT2D eigenvalue weighted by Crippen LogP contribution is 2.35. The number of carbonyl (C=O) groups is 1. The molecule has 0 bridgehead atoms. The van der Waals surface area contributed by atoms with Crippen molar-refractivity contribution in [3.05, 3.63) is 88.0 Å². The maximum absolute atomic E-state index is 13.0. The first kappa shape index (κ1) is 19.4. The molecule has 2 heterocycles. The first-order valence-electron chi connectivity index (χ1n) is 9.98. The SMILES string of the molecule is Cc1nc(COc2ccc(C=C3CCc4nc(-c5ccccc5)sc4C3=O)cc2)no1. The second-order valence-electron chi connectivity index (χ2n) is 7.25. The number of thiazole rings is 1. The van der Waals surface area contributed by atoms with E-state index in [2.05, 4.69) is 10.1 Å². The summed E-state index contributed by atoms with van der Waals surface area (Å²) in [5.41, 5.74) is 3.73. The van der Waals surface area contributed by atoms with E-state index in [4.69, 9.17) is 14.2 Å². The summed E-state index contributed by atoms with van der Waals surface area (Å²) >= 11 is 1.48. The highest BCUT2D eigenvalue weighted by molar-refractivity contribution is 7.17. The van der Waals surface area contributed by atoms with E-state index >= 15 is 0 Å². The number of aryl methyl sites for hydroxylation is 2. The van der Waals surface area contributed by atoms with Gasteiger partial charge in [0.1, 0.15) is 10.8 Å². The number of carbonyl (C=O) groups excluding carboxylic acids is 1. The van der Waals surface area contributed by atoms with Crippen LogP contribution in [-0.2, 0) is 13.0 Å². The fourth-order valence-corrected chi connectivity index (χ4v) is 4.55. The van der Waals surface area contributed by atoms with Gasteiger partial charge in [-0.2, -0.15) is 4.98 Å². The summed E-state index contributed by atoms with van der Waals surface area (Å²) in [5.74, 6) is 1.80. The molecule has 31 heavy (non-hydrogen) atoms. The smallest absolute Gasteiger partial charge is 0.223 e. The summed E-state index contributed by atoms with van der Waals surface area (Å²) in [6, 6.07) is 17.6. The molecule has 4 aromatic rings. The van der Waals surface area contributed by atoms with E-state index in [1.165, 1.54) is 11.3 Å². The minimum atomic E-state index is 0.0775. The molecular weight excluding hydrogens is 410 g/mol. The van der Waals surface area contributed by atoms with E-state index in [0.717, 1.165) is 38.7 Å². The third kappa shape index (κ3) is 4.18. The number of hydrogen-bond acceptors (Lipinski definition) is 7. The van der Waals surface area contributed by atoms with Gasteiger partial charge in [0.25, 0.3) is 0 Å². The summed E-state index contributed by atoms with van der Waals surface area (Å²) in [7, 11) is 0. The molecule has 0 spiro atoms. The van der Waals surface area contributed by atoms with Crippen molar-refractivity contribution in [2.75, 3.05) is 0 Å². The highest BCUT2D eigenvalue weighted by Gasteiger charge is 2.26. The van der Waals surface area contributed by atoms with Crippen LogP contribution < -0.4 is 4.74 Å². The minimum absolute atomic E-state index is 0.0775. The monoisotopic (exact) mass is 429 g/mol. The fourth-order valence-electron chi connectivity index (χ4n) is 3.46. The zero-order valence-electron chi connectivity index (χ0n) is 16.9. The lowest BCUT2D eigenvalue weighted by Crippen LogP contribution is -2.12. The number of nitrogens with zero attached hydrogens (tertiary/aromatic N) is 3. The van der Waals surface area contributed by atoms with Gasteiger partial charge in [0.05, 0.1) is 10.6 Å². The van der Waals surface area contributed by atoms with Crippen molar-refractivity contribution < 1.29 is 14.1 Å². The van der Waals surface area contributed by atoms with Crippen molar-refractivity contribution in [3.63, 3.8) is 0 Å². The van der Waals surface area contributed by atoms with Crippen LogP contribution >= 0.6 is 11.3 Å². The average Bonchev–Trinajstić information content (AvgIpc) is 3.42. The number of fused-ring (bicyclic) bond motifs is 1. The van der Waals surface area contributed by atoms with E-state index < -0.39 is 0 Å². The van der Waals surface area contributed by atoms with Crippen LogP contribution in [0, 0.1) is 6.92 Å². The number of ketones is 1. The molecule has 0 amide bonds. The van der Waals surface area contributed by atoms with Crippen LogP contribution in [0.4, 0.5) is 0 Å². The normalized spacial score (nSPS) is 14.6. The lowest BCUT2D eigenvalue weighted by molar-refractivity contribution is 0.103. The lowest BCUT2D eigenvalue weighted by Gasteiger charge is -2.12. The molecule has 0 atom stereocenters. The maximum Gasteiger partial charge on any atom is 0.223 e. The molecule has 1 aliphatic carbocycles. The molecule has 0 N–H and O–H groups in total. The van der Waals surface area contributed by atoms with Gasteiger partial charge in [0, 0.05) is 18.1 Å². The van der Waals surface area contributed by atoms with Crippen LogP contribution in [0.3, 0.4) is 0 Å². The minimum Gasteiger partial charge on any atom is -0.485 e. The summed E-state index contributed by atoms with van der Waals surface area (Å²) in [6.45, 7) is 1.98. The van der Waals surface area contributed by atoms with Crippen molar-refractivity contribution in [1.29, 1.82) is 0 Å². The Kier molecular flexibility index (Phi) is 5.18. The van der Waals surface area contributed by atoms with Crippen LogP contribution in [0.5, 0.6) is 5.75 Å². The lowest BCUT2D eigenvalue weighted by atomic mass is 9.94. The molecule has 2 aromatic heterocycles. The van der Waals surface area contributed by atoms with E-state index in [9.17, 15) is 4.79 Å². The van der Waals surface area contributed by atoms with Crippen LogP contribution in [-0.4, -0.2) is 20.9 Å². The number of allylic oxidation sites excluding steroid dienone is 1. The molecule has 154 valence electrons. The molecule has 0 unspecified atom stereocenters. The largest absolute Gasteiger partial charge is 0.485 e. The van der Waals surface area contributed by atoms with Gasteiger partial charge in [-0.15, -0.1) is 11.3 Å². The number of ether oxygens (including phenoxy) is 1. The second-order valence-corrected chi connectivity index (χ2v) is 8.25. The number of hydrogen-bond donors (Lipinski definition) is 0. The first-order chi connectivity index (χ1) is 15.2. The van der Waals surface area contributed by atoms with Gasteiger partial charge in [0.15, 0.2) is 6.61 Å². The molecule has 0 fully saturated rings. The number of Topliss-reactive ketones (excluding diaryl/α,β-unsaturated/α-hetero) is 1. The third-order valence-corrected chi connectivity index (χ3v) is 6.15. The fraction of sp³-hybridized carbons (Fsp3) is 0.167. The Morgan fingerprint density at radius 3 is 2.61 bits per heavy atom. The van der Waals surface area contributed by atoms with Crippen molar-refractivity contribution in [3.8, 4) is 16.3 Å². The van der Waals surface area contributed by atoms with Crippen LogP contribution in [0.25, 0.3) is 16.6 Å². The van der Waals surface area contributed by atoms with E-state index in [0.29, 0.717) is 23.9 Å². The van der Waals surface area contributed by atoms with Gasteiger partial charge in [0.2, 0.25) is 17.5 Å². The Labute approximate surface area is 183 Å². The quantitative estimate of drug-likeness (QED) is 0.401. The van der Waals surface area contributed by atoms with Crippen molar-refractivity contribution in [1.82, 2.24) is 15.1 Å².